The van der Waals surface area contributed by atoms with Gasteiger partial charge in [0, 0.05) is 23.1 Å². The van der Waals surface area contributed by atoms with E-state index in [1.807, 2.05) is 11.8 Å². The van der Waals surface area contributed by atoms with Gasteiger partial charge in [-0.25, -0.2) is 4.79 Å². The van der Waals surface area contributed by atoms with Crippen molar-refractivity contribution >= 4 is 29.4 Å². The Kier molecular flexibility index (Phi) is 6.29. The van der Waals surface area contributed by atoms with Gasteiger partial charge >= 0.3 is 6.03 Å². The Bertz CT molecular complexity index is 686. The molecule has 3 N–H and O–H groups in total. The number of unbranched alkanes of at least 4 members (excludes halogenated alkanes) is 1. The maximum atomic E-state index is 12.0. The first-order chi connectivity index (χ1) is 12.7. The number of ether oxygens (including phenoxy) is 1. The molecule has 3 atom stereocenters. The fourth-order valence-electron chi connectivity index (χ4n) is 3.26. The Morgan fingerprint density at radius 2 is 2.12 bits per heavy atom. The van der Waals surface area contributed by atoms with Gasteiger partial charge in [0.05, 0.1) is 12.1 Å². The molecule has 1 aromatic carbocycles. The first kappa shape index (κ1) is 18.5. The molecule has 0 aliphatic carbocycles. The number of carbonyl (C=O) groups excluding carboxylic acids is 2. The largest absolute Gasteiger partial charge is 0.481 e. The molecule has 26 heavy (non-hydrogen) atoms. The second-order valence-corrected chi connectivity index (χ2v) is 7.71. The molecule has 3 rings (SSSR count). The van der Waals surface area contributed by atoms with Gasteiger partial charge in [0.2, 0.25) is 5.91 Å². The SMILES string of the molecule is C#CCOc1ccc(NC(=O)CCCC[C@@H]2SC[C@@H]3NC(=O)N[C@@H]32)cc1. The first-order valence-corrected chi connectivity index (χ1v) is 9.85. The second-order valence-electron chi connectivity index (χ2n) is 6.43. The summed E-state index contributed by atoms with van der Waals surface area (Å²) in [5.41, 5.74) is 0.747. The smallest absolute Gasteiger partial charge is 0.315 e. The molecule has 2 saturated heterocycles. The van der Waals surface area contributed by atoms with E-state index < -0.39 is 0 Å². The zero-order chi connectivity index (χ0) is 18.4. The number of fused-ring (bicyclic) bond motifs is 1. The number of benzene rings is 1. The minimum atomic E-state index is -0.0552. The molecular weight excluding hydrogens is 350 g/mol. The van der Waals surface area contributed by atoms with Gasteiger partial charge in [-0.3, -0.25) is 4.79 Å². The molecule has 0 unspecified atom stereocenters. The van der Waals surface area contributed by atoms with Crippen molar-refractivity contribution in [2.45, 2.75) is 43.0 Å². The number of urea groups is 1. The summed E-state index contributed by atoms with van der Waals surface area (Å²) in [6.07, 6.45) is 8.47. The van der Waals surface area contributed by atoms with Crippen LogP contribution in [0.15, 0.2) is 24.3 Å². The van der Waals surface area contributed by atoms with Crippen LogP contribution >= 0.6 is 11.8 Å². The first-order valence-electron chi connectivity index (χ1n) is 8.80. The third kappa shape index (κ3) is 4.85. The van der Waals surface area contributed by atoms with Crippen molar-refractivity contribution in [2.24, 2.45) is 0 Å². The monoisotopic (exact) mass is 373 g/mol. The normalized spacial score (nSPS) is 23.5. The number of thioether (sulfide) groups is 1. The Morgan fingerprint density at radius 3 is 2.88 bits per heavy atom. The van der Waals surface area contributed by atoms with E-state index in [4.69, 9.17) is 11.2 Å². The van der Waals surface area contributed by atoms with Crippen molar-refractivity contribution in [1.82, 2.24) is 10.6 Å². The third-order valence-corrected chi connectivity index (χ3v) is 6.05. The lowest BCUT2D eigenvalue weighted by Crippen LogP contribution is -2.36. The number of terminal acetylenes is 1. The van der Waals surface area contributed by atoms with Crippen molar-refractivity contribution in [1.29, 1.82) is 0 Å². The van der Waals surface area contributed by atoms with E-state index in [1.54, 1.807) is 24.3 Å². The summed E-state index contributed by atoms with van der Waals surface area (Å²) in [7, 11) is 0. The number of hydrogen-bond acceptors (Lipinski definition) is 4. The lowest BCUT2D eigenvalue weighted by Gasteiger charge is -2.16. The summed E-state index contributed by atoms with van der Waals surface area (Å²) in [5.74, 6) is 4.07. The third-order valence-electron chi connectivity index (χ3n) is 4.54. The van der Waals surface area contributed by atoms with E-state index in [1.165, 1.54) is 0 Å². The van der Waals surface area contributed by atoms with E-state index in [0.29, 0.717) is 17.4 Å². The van der Waals surface area contributed by atoms with Gasteiger partial charge in [-0.15, -0.1) is 6.42 Å². The van der Waals surface area contributed by atoms with E-state index in [-0.39, 0.29) is 30.6 Å². The summed E-state index contributed by atoms with van der Waals surface area (Å²) < 4.78 is 5.30. The maximum absolute atomic E-state index is 12.0. The molecular formula is C19H23N3O3S. The summed E-state index contributed by atoms with van der Waals surface area (Å²) in [6.45, 7) is 0.229. The lowest BCUT2D eigenvalue weighted by atomic mass is 10.0. The lowest BCUT2D eigenvalue weighted by molar-refractivity contribution is -0.116. The molecule has 6 nitrogen and oxygen atoms in total. The maximum Gasteiger partial charge on any atom is 0.315 e. The Balaban J connectivity index is 1.33. The quantitative estimate of drug-likeness (QED) is 0.371. The molecule has 2 fully saturated rings. The van der Waals surface area contributed by atoms with Crippen molar-refractivity contribution in [3.05, 3.63) is 24.3 Å². The van der Waals surface area contributed by atoms with Crippen molar-refractivity contribution < 1.29 is 14.3 Å². The number of anilines is 1. The molecule has 0 bridgehead atoms. The molecule has 0 spiro atoms. The van der Waals surface area contributed by atoms with Crippen LogP contribution in [0, 0.1) is 12.3 Å². The molecule has 0 saturated carbocycles. The van der Waals surface area contributed by atoms with Gasteiger partial charge in [-0.05, 0) is 37.1 Å². The summed E-state index contributed by atoms with van der Waals surface area (Å²) in [5, 5.41) is 9.27. The fourth-order valence-corrected chi connectivity index (χ4v) is 4.80. The predicted octanol–water partition coefficient (Wildman–Crippen LogP) is 2.36. The second kappa shape index (κ2) is 8.86. The molecule has 2 aliphatic heterocycles. The fraction of sp³-hybridized carbons (Fsp3) is 0.474. The molecule has 7 heteroatoms. The van der Waals surface area contributed by atoms with E-state index in [9.17, 15) is 9.59 Å². The zero-order valence-electron chi connectivity index (χ0n) is 14.5. The summed E-state index contributed by atoms with van der Waals surface area (Å²) in [6, 6.07) is 7.60. The van der Waals surface area contributed by atoms with Gasteiger partial charge in [0.1, 0.15) is 12.4 Å². The molecule has 2 aliphatic rings. The highest BCUT2D eigenvalue weighted by Gasteiger charge is 2.42. The van der Waals surface area contributed by atoms with Crippen LogP contribution in [0.25, 0.3) is 0 Å². The van der Waals surface area contributed by atoms with Crippen LogP contribution in [-0.4, -0.2) is 41.6 Å². The highest BCUT2D eigenvalue weighted by atomic mass is 32.2. The topological polar surface area (TPSA) is 79.5 Å². The van der Waals surface area contributed by atoms with E-state index in [2.05, 4.69) is 21.9 Å². The molecule has 1 aromatic rings. The van der Waals surface area contributed by atoms with Crippen molar-refractivity contribution in [3.63, 3.8) is 0 Å². The number of amides is 3. The molecule has 138 valence electrons. The highest BCUT2D eigenvalue weighted by Crippen LogP contribution is 2.33. The molecule has 2 heterocycles. The zero-order valence-corrected chi connectivity index (χ0v) is 15.3. The van der Waals surface area contributed by atoms with Crippen LogP contribution in [-0.2, 0) is 4.79 Å². The van der Waals surface area contributed by atoms with Gasteiger partial charge < -0.3 is 20.7 Å². The number of hydrogen-bond donors (Lipinski definition) is 3. The van der Waals surface area contributed by atoms with Gasteiger partial charge in [0.25, 0.3) is 0 Å². The van der Waals surface area contributed by atoms with Crippen LogP contribution in [0.4, 0.5) is 10.5 Å². The standard InChI is InChI=1S/C19H23N3O3S/c1-2-11-25-14-9-7-13(8-10-14)20-17(23)6-4-3-5-16-18-15(12-26-16)21-19(24)22-18/h1,7-10,15-16,18H,3-6,11-12H2,(H,20,23)(H2,21,22,24)/t15-,16-,18-/m0/s1. The van der Waals surface area contributed by atoms with Crippen LogP contribution in [0.2, 0.25) is 0 Å². The van der Waals surface area contributed by atoms with Crippen molar-refractivity contribution in [3.8, 4) is 18.1 Å². The number of carbonyl (C=O) groups is 2. The Morgan fingerprint density at radius 1 is 1.31 bits per heavy atom. The van der Waals surface area contributed by atoms with Crippen LogP contribution in [0.5, 0.6) is 5.75 Å². The predicted molar refractivity (Wildman–Crippen MR) is 103 cm³/mol. The minimum Gasteiger partial charge on any atom is -0.481 e. The van der Waals surface area contributed by atoms with E-state index in [0.717, 1.165) is 30.7 Å². The van der Waals surface area contributed by atoms with E-state index >= 15 is 0 Å². The molecule has 3 amide bonds. The number of nitrogens with one attached hydrogen (secondary N) is 3. The highest BCUT2D eigenvalue weighted by molar-refractivity contribution is 8.00. The van der Waals surface area contributed by atoms with Crippen LogP contribution in [0.3, 0.4) is 0 Å². The average Bonchev–Trinajstić information content (AvgIpc) is 3.17. The van der Waals surface area contributed by atoms with Gasteiger partial charge in [-0.2, -0.15) is 11.8 Å². The van der Waals surface area contributed by atoms with Crippen molar-refractivity contribution in [2.75, 3.05) is 17.7 Å². The summed E-state index contributed by atoms with van der Waals surface area (Å²) in [4.78, 5) is 23.4. The van der Waals surface area contributed by atoms with Crippen LogP contribution < -0.4 is 20.7 Å². The van der Waals surface area contributed by atoms with Gasteiger partial charge in [0.15, 0.2) is 0 Å². The molecule has 0 aromatic heterocycles. The minimum absolute atomic E-state index is 0.00933. The van der Waals surface area contributed by atoms with Crippen LogP contribution in [0.1, 0.15) is 25.7 Å². The molecule has 0 radical (unpaired) electrons. The average molecular weight is 373 g/mol. The summed E-state index contributed by atoms with van der Waals surface area (Å²) >= 11 is 1.90. The number of rotatable bonds is 8. The Labute approximate surface area is 157 Å². The van der Waals surface area contributed by atoms with Gasteiger partial charge in [-0.1, -0.05) is 12.3 Å². The Hall–Kier alpha value is -2.33.